The Kier molecular flexibility index (Phi) is 3.30. The van der Waals surface area contributed by atoms with Crippen LogP contribution in [0, 0.1) is 6.92 Å². The zero-order valence-electron chi connectivity index (χ0n) is 11.6. The summed E-state index contributed by atoms with van der Waals surface area (Å²) in [5, 5.41) is 1.30. The Labute approximate surface area is 113 Å². The molecule has 3 heteroatoms. The van der Waals surface area contributed by atoms with Gasteiger partial charge in [-0.15, -0.1) is 0 Å². The van der Waals surface area contributed by atoms with E-state index in [2.05, 4.69) is 41.1 Å². The number of aromatic nitrogens is 1. The molecule has 3 nitrogen and oxygen atoms in total. The Bertz CT molecular complexity index is 604. The maximum Gasteiger partial charge on any atom is 0.119 e. The van der Waals surface area contributed by atoms with Crippen LogP contribution in [0.4, 0.5) is 0 Å². The molecule has 1 aromatic heterocycles. The van der Waals surface area contributed by atoms with E-state index in [0.29, 0.717) is 0 Å². The van der Waals surface area contributed by atoms with Gasteiger partial charge >= 0.3 is 0 Å². The number of aryl methyl sites for hydroxylation is 1. The van der Waals surface area contributed by atoms with Crippen LogP contribution in [0.3, 0.4) is 0 Å². The number of aromatic amines is 1. The van der Waals surface area contributed by atoms with Gasteiger partial charge in [-0.25, -0.2) is 0 Å². The van der Waals surface area contributed by atoms with Crippen molar-refractivity contribution in [2.45, 2.75) is 13.3 Å². The highest BCUT2D eigenvalue weighted by Crippen LogP contribution is 2.26. The van der Waals surface area contributed by atoms with Crippen LogP contribution in [0.2, 0.25) is 0 Å². The topological polar surface area (TPSA) is 28.3 Å². The van der Waals surface area contributed by atoms with E-state index in [1.807, 2.05) is 6.07 Å². The van der Waals surface area contributed by atoms with Gasteiger partial charge in [0.1, 0.15) is 5.75 Å². The molecule has 100 valence electrons. The third-order valence-corrected chi connectivity index (χ3v) is 3.90. The Morgan fingerprint density at radius 2 is 2.05 bits per heavy atom. The summed E-state index contributed by atoms with van der Waals surface area (Å²) in [5.74, 6) is 0.926. The molecule has 1 aliphatic heterocycles. The molecule has 0 aliphatic carbocycles. The Morgan fingerprint density at radius 3 is 2.79 bits per heavy atom. The van der Waals surface area contributed by atoms with Gasteiger partial charge in [0.05, 0.1) is 7.11 Å². The van der Waals surface area contributed by atoms with Gasteiger partial charge in [-0.3, -0.25) is 4.90 Å². The van der Waals surface area contributed by atoms with Crippen molar-refractivity contribution in [3.63, 3.8) is 0 Å². The maximum absolute atomic E-state index is 5.33. The average Bonchev–Trinajstić information content (AvgIpc) is 3.03. The fourth-order valence-electron chi connectivity index (χ4n) is 2.78. The predicted molar refractivity (Wildman–Crippen MR) is 78.9 cm³/mol. The smallest absolute Gasteiger partial charge is 0.119 e. The average molecular weight is 256 g/mol. The summed E-state index contributed by atoms with van der Waals surface area (Å²) in [5.41, 5.74) is 3.89. The first-order valence-corrected chi connectivity index (χ1v) is 6.80. The van der Waals surface area contributed by atoms with Gasteiger partial charge in [0, 0.05) is 36.2 Å². The lowest BCUT2D eigenvalue weighted by molar-refractivity contribution is 0.357. The van der Waals surface area contributed by atoms with E-state index in [1.165, 1.54) is 22.2 Å². The highest BCUT2D eigenvalue weighted by Gasteiger charge is 2.12. The number of ether oxygens (including phenoxy) is 1. The second kappa shape index (κ2) is 5.10. The molecule has 1 aromatic carbocycles. The lowest BCUT2D eigenvalue weighted by Crippen LogP contribution is -2.22. The summed E-state index contributed by atoms with van der Waals surface area (Å²) in [6, 6.07) is 6.24. The maximum atomic E-state index is 5.33. The third-order valence-electron chi connectivity index (χ3n) is 3.90. The van der Waals surface area contributed by atoms with Gasteiger partial charge in [0.2, 0.25) is 0 Å². The number of hydrogen-bond donors (Lipinski definition) is 1. The van der Waals surface area contributed by atoms with Crippen LogP contribution in [0.1, 0.15) is 11.3 Å². The van der Waals surface area contributed by atoms with Gasteiger partial charge in [-0.1, -0.05) is 12.2 Å². The molecule has 19 heavy (non-hydrogen) atoms. The van der Waals surface area contributed by atoms with Crippen LogP contribution in [-0.2, 0) is 6.42 Å². The molecule has 0 saturated heterocycles. The number of rotatable bonds is 4. The fraction of sp³-hybridized carbons (Fsp3) is 0.375. The monoisotopic (exact) mass is 256 g/mol. The Morgan fingerprint density at radius 1 is 1.26 bits per heavy atom. The number of fused-ring (bicyclic) bond motifs is 1. The first-order chi connectivity index (χ1) is 9.28. The minimum Gasteiger partial charge on any atom is -0.497 e. The molecule has 0 unspecified atom stereocenters. The Balaban J connectivity index is 1.86. The molecule has 0 fully saturated rings. The minimum absolute atomic E-state index is 0.926. The van der Waals surface area contributed by atoms with E-state index < -0.39 is 0 Å². The second-order valence-electron chi connectivity index (χ2n) is 5.12. The first-order valence-electron chi connectivity index (χ1n) is 6.80. The summed E-state index contributed by atoms with van der Waals surface area (Å²) in [4.78, 5) is 5.92. The summed E-state index contributed by atoms with van der Waals surface area (Å²) < 4.78 is 5.33. The molecule has 0 atom stereocenters. The molecule has 3 rings (SSSR count). The van der Waals surface area contributed by atoms with Crippen molar-refractivity contribution in [2.75, 3.05) is 26.7 Å². The summed E-state index contributed by atoms with van der Waals surface area (Å²) in [6.45, 7) is 5.44. The van der Waals surface area contributed by atoms with E-state index >= 15 is 0 Å². The lowest BCUT2D eigenvalue weighted by atomic mass is 10.1. The van der Waals surface area contributed by atoms with E-state index in [4.69, 9.17) is 4.74 Å². The van der Waals surface area contributed by atoms with Gasteiger partial charge in [0.15, 0.2) is 0 Å². The van der Waals surface area contributed by atoms with Gasteiger partial charge < -0.3 is 9.72 Å². The summed E-state index contributed by atoms with van der Waals surface area (Å²) >= 11 is 0. The largest absolute Gasteiger partial charge is 0.497 e. The number of nitrogens with zero attached hydrogens (tertiary/aromatic N) is 1. The van der Waals surface area contributed by atoms with Crippen molar-refractivity contribution in [2.24, 2.45) is 0 Å². The lowest BCUT2D eigenvalue weighted by Gasteiger charge is -2.14. The fourth-order valence-corrected chi connectivity index (χ4v) is 2.78. The van der Waals surface area contributed by atoms with Crippen molar-refractivity contribution in [3.05, 3.63) is 41.6 Å². The molecule has 0 radical (unpaired) electrons. The molecule has 0 spiro atoms. The van der Waals surface area contributed by atoms with Crippen LogP contribution in [0.15, 0.2) is 30.4 Å². The molecular weight excluding hydrogens is 236 g/mol. The molecular formula is C16H20N2O. The van der Waals surface area contributed by atoms with Crippen LogP contribution >= 0.6 is 0 Å². The number of H-pyrrole nitrogens is 1. The van der Waals surface area contributed by atoms with Crippen LogP contribution in [-0.4, -0.2) is 36.6 Å². The zero-order chi connectivity index (χ0) is 13.2. The molecule has 2 aromatic rings. The van der Waals surface area contributed by atoms with Gasteiger partial charge in [0.25, 0.3) is 0 Å². The molecule has 1 N–H and O–H groups in total. The number of benzene rings is 1. The normalized spacial score (nSPS) is 15.5. The van der Waals surface area contributed by atoms with Gasteiger partial charge in [-0.2, -0.15) is 0 Å². The number of hydrogen-bond acceptors (Lipinski definition) is 2. The summed E-state index contributed by atoms with van der Waals surface area (Å²) in [7, 11) is 1.72. The van der Waals surface area contributed by atoms with E-state index in [-0.39, 0.29) is 0 Å². The van der Waals surface area contributed by atoms with Crippen molar-refractivity contribution in [1.82, 2.24) is 9.88 Å². The quantitative estimate of drug-likeness (QED) is 0.852. The van der Waals surface area contributed by atoms with Crippen molar-refractivity contribution < 1.29 is 4.74 Å². The second-order valence-corrected chi connectivity index (χ2v) is 5.12. The molecule has 0 saturated carbocycles. The molecule has 0 bridgehead atoms. The van der Waals surface area contributed by atoms with Crippen LogP contribution in [0.25, 0.3) is 10.9 Å². The minimum atomic E-state index is 0.926. The molecule has 0 amide bonds. The number of methoxy groups -OCH3 is 1. The van der Waals surface area contributed by atoms with Crippen LogP contribution < -0.4 is 4.74 Å². The Hall–Kier alpha value is -1.74. The van der Waals surface area contributed by atoms with Gasteiger partial charge in [-0.05, 0) is 37.1 Å². The van der Waals surface area contributed by atoms with Crippen molar-refractivity contribution in [1.29, 1.82) is 0 Å². The van der Waals surface area contributed by atoms with E-state index in [9.17, 15) is 0 Å². The van der Waals surface area contributed by atoms with Crippen molar-refractivity contribution >= 4 is 10.9 Å². The third kappa shape index (κ3) is 2.38. The van der Waals surface area contributed by atoms with E-state index in [0.717, 1.165) is 31.8 Å². The van der Waals surface area contributed by atoms with Crippen molar-refractivity contribution in [3.8, 4) is 5.75 Å². The summed E-state index contributed by atoms with van der Waals surface area (Å²) in [6.07, 6.45) is 5.57. The standard InChI is InChI=1S/C16H20N2O/c1-12-14(7-10-18-8-3-4-9-18)15-11-13(19-2)5-6-16(15)17-12/h3-6,11,17H,7-10H2,1-2H3. The van der Waals surface area contributed by atoms with Crippen LogP contribution in [0.5, 0.6) is 5.75 Å². The highest BCUT2D eigenvalue weighted by molar-refractivity contribution is 5.86. The predicted octanol–water partition coefficient (Wildman–Crippen LogP) is 2.90. The molecule has 1 aliphatic rings. The first kappa shape index (κ1) is 12.3. The number of nitrogens with one attached hydrogen (secondary N) is 1. The highest BCUT2D eigenvalue weighted by atomic mass is 16.5. The SMILES string of the molecule is COc1ccc2[nH]c(C)c(CCN3CC=CC3)c2c1. The zero-order valence-corrected chi connectivity index (χ0v) is 11.6. The molecule has 2 heterocycles. The van der Waals surface area contributed by atoms with E-state index in [1.54, 1.807) is 7.11 Å².